The quantitative estimate of drug-likeness (QED) is 0.258. The van der Waals surface area contributed by atoms with Crippen molar-refractivity contribution in [2.75, 3.05) is 5.01 Å². The second-order valence-electron chi connectivity index (χ2n) is 6.70. The van der Waals surface area contributed by atoms with Gasteiger partial charge in [0.15, 0.2) is 0 Å². The Bertz CT molecular complexity index is 1280. The Morgan fingerprint density at radius 3 is 2.55 bits per heavy atom. The molecule has 156 valence electrons. The van der Waals surface area contributed by atoms with Gasteiger partial charge in [0.05, 0.1) is 20.7 Å². The zero-order valence-electron chi connectivity index (χ0n) is 15.9. The molecule has 0 spiro atoms. The van der Waals surface area contributed by atoms with Crippen molar-refractivity contribution < 1.29 is 18.9 Å². The first-order valence-electron chi connectivity index (χ1n) is 8.92. The number of halogens is 2. The first-order valence-corrected chi connectivity index (χ1v) is 9.67. The molecule has 1 aliphatic heterocycles. The van der Waals surface area contributed by atoms with Crippen LogP contribution in [0.15, 0.2) is 58.5 Å². The number of nitro benzene ring substituents is 1. The van der Waals surface area contributed by atoms with Gasteiger partial charge in [-0.3, -0.25) is 25.1 Å². The van der Waals surface area contributed by atoms with E-state index >= 15 is 0 Å². The minimum absolute atomic E-state index is 0.0699. The fourth-order valence-electron chi connectivity index (χ4n) is 3.07. The number of hydrazine groups is 1. The summed E-state index contributed by atoms with van der Waals surface area (Å²) in [5.74, 6) is -0.580. The summed E-state index contributed by atoms with van der Waals surface area (Å²) >= 11 is 11.9. The average Bonchev–Trinajstić information content (AvgIpc) is 3.30. The van der Waals surface area contributed by atoms with E-state index in [0.717, 1.165) is 10.6 Å². The Kier molecular flexibility index (Phi) is 5.26. The van der Waals surface area contributed by atoms with Gasteiger partial charge >= 0.3 is 0 Å². The van der Waals surface area contributed by atoms with Crippen LogP contribution in [0.2, 0.25) is 10.0 Å². The molecule has 2 amide bonds. The molecule has 2 aromatic carbocycles. The van der Waals surface area contributed by atoms with Gasteiger partial charge in [0.1, 0.15) is 17.1 Å². The molecular formula is C21H13Cl2N3O5. The SMILES string of the molecule is Cc1ccc([N+](=O)[O-])cc1-c1ccc(/C=C2\C(=O)NN(c3ccc(Cl)c(Cl)c3)C2=O)o1. The number of nitro groups is 1. The third kappa shape index (κ3) is 3.90. The largest absolute Gasteiger partial charge is 0.457 e. The Labute approximate surface area is 185 Å². The van der Waals surface area contributed by atoms with Crippen molar-refractivity contribution in [3.63, 3.8) is 0 Å². The van der Waals surface area contributed by atoms with Gasteiger partial charge in [0.25, 0.3) is 17.5 Å². The molecule has 1 fully saturated rings. The Morgan fingerprint density at radius 2 is 1.84 bits per heavy atom. The fourth-order valence-corrected chi connectivity index (χ4v) is 3.36. The maximum atomic E-state index is 12.7. The van der Waals surface area contributed by atoms with Gasteiger partial charge in [0, 0.05) is 17.7 Å². The molecule has 31 heavy (non-hydrogen) atoms. The van der Waals surface area contributed by atoms with E-state index in [1.807, 2.05) is 0 Å². The molecule has 0 radical (unpaired) electrons. The van der Waals surface area contributed by atoms with E-state index in [-0.39, 0.29) is 22.0 Å². The van der Waals surface area contributed by atoms with Gasteiger partial charge in [-0.15, -0.1) is 0 Å². The van der Waals surface area contributed by atoms with Crippen molar-refractivity contribution >= 4 is 52.5 Å². The van der Waals surface area contributed by atoms with Gasteiger partial charge in [-0.2, -0.15) is 0 Å². The molecular weight excluding hydrogens is 445 g/mol. The van der Waals surface area contributed by atoms with E-state index in [1.165, 1.54) is 30.3 Å². The lowest BCUT2D eigenvalue weighted by atomic mass is 10.1. The molecule has 0 atom stereocenters. The summed E-state index contributed by atoms with van der Waals surface area (Å²) in [6.45, 7) is 1.79. The van der Waals surface area contributed by atoms with Gasteiger partial charge in [-0.05, 0) is 48.9 Å². The van der Waals surface area contributed by atoms with Crippen LogP contribution in [0, 0.1) is 17.0 Å². The number of carbonyl (C=O) groups excluding carboxylic acids is 2. The molecule has 1 N–H and O–H groups in total. The van der Waals surface area contributed by atoms with E-state index < -0.39 is 16.7 Å². The zero-order valence-corrected chi connectivity index (χ0v) is 17.4. The number of non-ortho nitro benzene ring substituents is 1. The lowest BCUT2D eigenvalue weighted by Crippen LogP contribution is -2.35. The molecule has 1 aromatic heterocycles. The zero-order chi connectivity index (χ0) is 22.3. The first kappa shape index (κ1) is 20.6. The summed E-state index contributed by atoms with van der Waals surface area (Å²) < 4.78 is 5.73. The molecule has 2 heterocycles. The van der Waals surface area contributed by atoms with Crippen LogP contribution in [0.3, 0.4) is 0 Å². The molecule has 0 saturated carbocycles. The van der Waals surface area contributed by atoms with Gasteiger partial charge < -0.3 is 4.42 Å². The van der Waals surface area contributed by atoms with Crippen LogP contribution < -0.4 is 10.4 Å². The molecule has 0 unspecified atom stereocenters. The third-order valence-corrected chi connectivity index (χ3v) is 5.40. The van der Waals surface area contributed by atoms with E-state index in [9.17, 15) is 19.7 Å². The van der Waals surface area contributed by atoms with Gasteiger partial charge in [0.2, 0.25) is 0 Å². The number of rotatable bonds is 4. The highest BCUT2D eigenvalue weighted by atomic mass is 35.5. The molecule has 3 aromatic rings. The molecule has 1 saturated heterocycles. The minimum atomic E-state index is -0.611. The van der Waals surface area contributed by atoms with Gasteiger partial charge in [-0.25, -0.2) is 5.01 Å². The normalized spacial score (nSPS) is 14.9. The van der Waals surface area contributed by atoms with Crippen LogP contribution in [-0.2, 0) is 9.59 Å². The van der Waals surface area contributed by atoms with Crippen molar-refractivity contribution in [2.45, 2.75) is 6.92 Å². The highest BCUT2D eigenvalue weighted by Gasteiger charge is 2.35. The molecule has 4 rings (SSSR count). The number of amides is 2. The lowest BCUT2D eigenvalue weighted by molar-refractivity contribution is -0.384. The Hall–Kier alpha value is -3.62. The number of carbonyl (C=O) groups is 2. The summed E-state index contributed by atoms with van der Waals surface area (Å²) in [6, 6.07) is 12.1. The minimum Gasteiger partial charge on any atom is -0.457 e. The van der Waals surface area contributed by atoms with Crippen molar-refractivity contribution in [2.24, 2.45) is 0 Å². The van der Waals surface area contributed by atoms with E-state index in [2.05, 4.69) is 5.43 Å². The Morgan fingerprint density at radius 1 is 1.06 bits per heavy atom. The number of anilines is 1. The lowest BCUT2D eigenvalue weighted by Gasteiger charge is -2.15. The first-order chi connectivity index (χ1) is 14.7. The average molecular weight is 458 g/mol. The number of nitrogens with one attached hydrogen (secondary N) is 1. The monoisotopic (exact) mass is 457 g/mol. The summed E-state index contributed by atoms with van der Waals surface area (Å²) in [6.07, 6.45) is 1.31. The summed E-state index contributed by atoms with van der Waals surface area (Å²) in [7, 11) is 0. The van der Waals surface area contributed by atoms with Gasteiger partial charge in [-0.1, -0.05) is 29.3 Å². The molecule has 10 heteroatoms. The second kappa shape index (κ2) is 7.90. The number of hydrogen-bond acceptors (Lipinski definition) is 5. The van der Waals surface area contributed by atoms with Crippen molar-refractivity contribution in [3.8, 4) is 11.3 Å². The van der Waals surface area contributed by atoms with Crippen LogP contribution in [0.4, 0.5) is 11.4 Å². The highest BCUT2D eigenvalue weighted by Crippen LogP contribution is 2.31. The third-order valence-electron chi connectivity index (χ3n) is 4.66. The van der Waals surface area contributed by atoms with Crippen molar-refractivity contribution in [1.29, 1.82) is 0 Å². The predicted molar refractivity (Wildman–Crippen MR) is 116 cm³/mol. The van der Waals surface area contributed by atoms with E-state index in [1.54, 1.807) is 31.2 Å². The van der Waals surface area contributed by atoms with Crippen LogP contribution >= 0.6 is 23.2 Å². The molecule has 1 aliphatic rings. The van der Waals surface area contributed by atoms with E-state index in [0.29, 0.717) is 22.0 Å². The number of hydrogen-bond donors (Lipinski definition) is 1. The highest BCUT2D eigenvalue weighted by molar-refractivity contribution is 6.42. The molecule has 0 aliphatic carbocycles. The van der Waals surface area contributed by atoms with Crippen molar-refractivity contribution in [3.05, 3.63) is 85.6 Å². The fraction of sp³-hybridized carbons (Fsp3) is 0.0476. The second-order valence-corrected chi connectivity index (χ2v) is 7.51. The summed E-state index contributed by atoms with van der Waals surface area (Å²) in [5, 5.41) is 12.7. The maximum absolute atomic E-state index is 12.7. The summed E-state index contributed by atoms with van der Waals surface area (Å²) in [5.41, 5.74) is 3.92. The molecule has 0 bridgehead atoms. The predicted octanol–water partition coefficient (Wildman–Crippen LogP) is 4.93. The van der Waals surface area contributed by atoms with Crippen molar-refractivity contribution in [1.82, 2.24) is 5.43 Å². The number of benzene rings is 2. The topological polar surface area (TPSA) is 106 Å². The van der Waals surface area contributed by atoms with Crippen LogP contribution in [0.1, 0.15) is 11.3 Å². The van der Waals surface area contributed by atoms with Crippen LogP contribution in [0.25, 0.3) is 17.4 Å². The standard InChI is InChI=1S/C21H13Cl2N3O5/c1-11-2-3-13(26(29)30)8-15(11)19-7-5-14(31-19)10-16-20(27)24-25(21(16)28)12-4-6-17(22)18(23)9-12/h2-10H,1H3,(H,24,27)/b16-10+. The number of aryl methyl sites for hydroxylation is 1. The maximum Gasteiger partial charge on any atom is 0.282 e. The Balaban J connectivity index is 1.64. The van der Waals surface area contributed by atoms with Crippen LogP contribution in [-0.4, -0.2) is 16.7 Å². The number of nitrogens with zero attached hydrogens (tertiary/aromatic N) is 2. The summed E-state index contributed by atoms with van der Waals surface area (Å²) in [4.78, 5) is 35.7. The van der Waals surface area contributed by atoms with Crippen LogP contribution in [0.5, 0.6) is 0 Å². The molecule has 8 nitrogen and oxygen atoms in total. The smallest absolute Gasteiger partial charge is 0.282 e. The van der Waals surface area contributed by atoms with E-state index in [4.69, 9.17) is 27.6 Å². The number of furan rings is 1.